The molecule has 3 aromatic rings. The zero-order chi connectivity index (χ0) is 18.1. The molecule has 0 aromatic heterocycles. The van der Waals surface area contributed by atoms with Crippen molar-refractivity contribution in [3.8, 4) is 0 Å². The lowest BCUT2D eigenvalue weighted by molar-refractivity contribution is 0.627. The molecule has 1 aliphatic heterocycles. The third kappa shape index (κ3) is 3.33. The summed E-state index contributed by atoms with van der Waals surface area (Å²) in [6.45, 7) is 0. The average Bonchev–Trinajstić information content (AvgIpc) is 3.11. The Labute approximate surface area is 161 Å². The second-order valence-corrected chi connectivity index (χ2v) is 6.94. The SMILES string of the molecule is Fc1ccc(C2=NN(c3ccc(Cl)c(Cl)c3)[C@@H](c3ccccc3)C2)cc1. The van der Waals surface area contributed by atoms with E-state index >= 15 is 0 Å². The molecule has 0 N–H and O–H groups in total. The van der Waals surface area contributed by atoms with Crippen molar-refractivity contribution in [2.45, 2.75) is 12.5 Å². The van der Waals surface area contributed by atoms with E-state index in [0.29, 0.717) is 10.0 Å². The van der Waals surface area contributed by atoms with Crippen molar-refractivity contribution in [2.75, 3.05) is 5.01 Å². The number of hydrogen-bond donors (Lipinski definition) is 0. The van der Waals surface area contributed by atoms with Gasteiger partial charge in [0.2, 0.25) is 0 Å². The molecule has 0 saturated heterocycles. The van der Waals surface area contributed by atoms with Gasteiger partial charge in [0, 0.05) is 6.42 Å². The van der Waals surface area contributed by atoms with Crippen molar-refractivity contribution in [3.63, 3.8) is 0 Å². The number of hydrogen-bond acceptors (Lipinski definition) is 2. The highest BCUT2D eigenvalue weighted by Gasteiger charge is 2.30. The van der Waals surface area contributed by atoms with E-state index in [0.717, 1.165) is 28.9 Å². The Bertz CT molecular complexity index is 956. The van der Waals surface area contributed by atoms with Crippen molar-refractivity contribution < 1.29 is 4.39 Å². The fourth-order valence-corrected chi connectivity index (χ4v) is 3.42. The van der Waals surface area contributed by atoms with Crippen LogP contribution in [0.4, 0.5) is 10.1 Å². The van der Waals surface area contributed by atoms with Gasteiger partial charge in [-0.3, -0.25) is 5.01 Å². The van der Waals surface area contributed by atoms with E-state index < -0.39 is 0 Å². The first-order valence-corrected chi connectivity index (χ1v) is 9.00. The van der Waals surface area contributed by atoms with Gasteiger partial charge in [0.25, 0.3) is 0 Å². The van der Waals surface area contributed by atoms with E-state index in [9.17, 15) is 4.39 Å². The van der Waals surface area contributed by atoms with Crippen molar-refractivity contribution in [3.05, 3.63) is 99.8 Å². The van der Waals surface area contributed by atoms with Gasteiger partial charge in [0.05, 0.1) is 27.5 Å². The first-order chi connectivity index (χ1) is 12.6. The van der Waals surface area contributed by atoms with Crippen LogP contribution in [0, 0.1) is 5.82 Å². The topological polar surface area (TPSA) is 15.6 Å². The van der Waals surface area contributed by atoms with Crippen LogP contribution < -0.4 is 5.01 Å². The molecule has 1 aliphatic rings. The highest BCUT2D eigenvalue weighted by molar-refractivity contribution is 6.42. The Morgan fingerprint density at radius 3 is 2.31 bits per heavy atom. The number of nitrogens with zero attached hydrogens (tertiary/aromatic N) is 2. The molecule has 26 heavy (non-hydrogen) atoms. The second kappa shape index (κ2) is 7.10. The molecule has 0 bridgehead atoms. The maximum Gasteiger partial charge on any atom is 0.123 e. The summed E-state index contributed by atoms with van der Waals surface area (Å²) in [4.78, 5) is 0. The van der Waals surface area contributed by atoms with Crippen LogP contribution in [0.5, 0.6) is 0 Å². The third-order valence-corrected chi connectivity index (χ3v) is 5.18. The van der Waals surface area contributed by atoms with Crippen molar-refractivity contribution in [1.82, 2.24) is 0 Å². The molecule has 0 fully saturated rings. The molecule has 130 valence electrons. The molecule has 3 aromatic carbocycles. The summed E-state index contributed by atoms with van der Waals surface area (Å²) in [5.74, 6) is -0.256. The average molecular weight is 385 g/mol. The van der Waals surface area contributed by atoms with Gasteiger partial charge in [-0.1, -0.05) is 65.7 Å². The standard InChI is InChI=1S/C21H15Cl2FN2/c22-18-11-10-17(12-19(18)23)26-21(15-4-2-1-3-5-15)13-20(25-26)14-6-8-16(24)9-7-14/h1-12,21H,13H2/t21-/m1/s1. The highest BCUT2D eigenvalue weighted by Crippen LogP contribution is 2.38. The number of halogens is 3. The van der Waals surface area contributed by atoms with Crippen LogP contribution in [0.15, 0.2) is 77.9 Å². The van der Waals surface area contributed by atoms with Gasteiger partial charge >= 0.3 is 0 Å². The Kier molecular flexibility index (Phi) is 4.66. The largest absolute Gasteiger partial charge is 0.257 e. The zero-order valence-electron chi connectivity index (χ0n) is 13.7. The maximum absolute atomic E-state index is 13.3. The molecule has 0 spiro atoms. The van der Waals surface area contributed by atoms with E-state index in [1.165, 1.54) is 12.1 Å². The molecular formula is C21H15Cl2FN2. The van der Waals surface area contributed by atoms with Crippen LogP contribution in [0.25, 0.3) is 0 Å². The predicted octanol–water partition coefficient (Wildman–Crippen LogP) is 6.49. The molecule has 1 heterocycles. The van der Waals surface area contributed by atoms with Gasteiger partial charge in [0.1, 0.15) is 5.82 Å². The molecule has 1 atom stereocenters. The first-order valence-electron chi connectivity index (χ1n) is 8.24. The Morgan fingerprint density at radius 2 is 1.62 bits per heavy atom. The fourth-order valence-electron chi connectivity index (χ4n) is 3.13. The van der Waals surface area contributed by atoms with Gasteiger partial charge in [-0.15, -0.1) is 0 Å². The Morgan fingerprint density at radius 1 is 0.885 bits per heavy atom. The molecule has 0 saturated carbocycles. The van der Waals surface area contributed by atoms with Crippen LogP contribution in [0.3, 0.4) is 0 Å². The van der Waals surface area contributed by atoms with Crippen LogP contribution in [0.1, 0.15) is 23.6 Å². The van der Waals surface area contributed by atoms with Crippen molar-refractivity contribution >= 4 is 34.6 Å². The summed E-state index contributed by atoms with van der Waals surface area (Å²) in [5.41, 5.74) is 3.84. The minimum absolute atomic E-state index is 0.0356. The second-order valence-electron chi connectivity index (χ2n) is 6.13. The summed E-state index contributed by atoms with van der Waals surface area (Å²) in [7, 11) is 0. The van der Waals surface area contributed by atoms with Gasteiger partial charge in [0.15, 0.2) is 0 Å². The molecule has 2 nitrogen and oxygen atoms in total. The van der Waals surface area contributed by atoms with E-state index in [-0.39, 0.29) is 11.9 Å². The first kappa shape index (κ1) is 17.1. The summed E-state index contributed by atoms with van der Waals surface area (Å²) >= 11 is 12.3. The van der Waals surface area contributed by atoms with Crippen LogP contribution in [-0.4, -0.2) is 5.71 Å². The lowest BCUT2D eigenvalue weighted by atomic mass is 9.98. The van der Waals surface area contributed by atoms with Crippen molar-refractivity contribution in [1.29, 1.82) is 0 Å². The van der Waals surface area contributed by atoms with E-state index in [2.05, 4.69) is 12.1 Å². The molecule has 4 rings (SSSR count). The highest BCUT2D eigenvalue weighted by atomic mass is 35.5. The molecular weight excluding hydrogens is 370 g/mol. The zero-order valence-corrected chi connectivity index (χ0v) is 15.3. The van der Waals surface area contributed by atoms with Gasteiger partial charge in [-0.25, -0.2) is 4.39 Å². The summed E-state index contributed by atoms with van der Waals surface area (Å²) in [6, 6.07) is 22.1. The monoisotopic (exact) mass is 384 g/mol. The van der Waals surface area contributed by atoms with E-state index in [1.807, 2.05) is 35.3 Å². The summed E-state index contributed by atoms with van der Waals surface area (Å²) in [5, 5.41) is 7.76. The summed E-state index contributed by atoms with van der Waals surface area (Å²) in [6.07, 6.45) is 0.718. The smallest absolute Gasteiger partial charge is 0.123 e. The minimum Gasteiger partial charge on any atom is -0.257 e. The van der Waals surface area contributed by atoms with E-state index in [4.69, 9.17) is 28.3 Å². The number of hydrazone groups is 1. The molecule has 0 radical (unpaired) electrons. The maximum atomic E-state index is 13.3. The molecule has 0 amide bonds. The number of anilines is 1. The van der Waals surface area contributed by atoms with Gasteiger partial charge in [-0.2, -0.15) is 5.10 Å². The Balaban J connectivity index is 1.76. The molecule has 0 unspecified atom stereocenters. The summed E-state index contributed by atoms with van der Waals surface area (Å²) < 4.78 is 13.3. The van der Waals surface area contributed by atoms with Gasteiger partial charge < -0.3 is 0 Å². The normalized spacial score (nSPS) is 16.7. The molecule has 5 heteroatoms. The number of benzene rings is 3. The van der Waals surface area contributed by atoms with Crippen LogP contribution in [0.2, 0.25) is 10.0 Å². The van der Waals surface area contributed by atoms with Crippen LogP contribution >= 0.6 is 23.2 Å². The van der Waals surface area contributed by atoms with Gasteiger partial charge in [-0.05, 0) is 41.5 Å². The third-order valence-electron chi connectivity index (χ3n) is 4.44. The quantitative estimate of drug-likeness (QED) is 0.503. The Hall–Kier alpha value is -2.36. The molecule has 0 aliphatic carbocycles. The predicted molar refractivity (Wildman–Crippen MR) is 106 cm³/mol. The number of rotatable bonds is 3. The van der Waals surface area contributed by atoms with E-state index in [1.54, 1.807) is 18.2 Å². The lowest BCUT2D eigenvalue weighted by Crippen LogP contribution is -2.18. The lowest BCUT2D eigenvalue weighted by Gasteiger charge is -2.24. The van der Waals surface area contributed by atoms with Crippen LogP contribution in [-0.2, 0) is 0 Å². The minimum atomic E-state index is -0.256. The fraction of sp³-hybridized carbons (Fsp3) is 0.0952. The van der Waals surface area contributed by atoms with Crippen molar-refractivity contribution in [2.24, 2.45) is 5.10 Å².